The van der Waals surface area contributed by atoms with E-state index in [0.717, 1.165) is 36.6 Å². The summed E-state index contributed by atoms with van der Waals surface area (Å²) in [5.41, 5.74) is -0.723. The molecule has 0 atom stereocenters. The van der Waals surface area contributed by atoms with E-state index in [9.17, 15) is 14.0 Å². The van der Waals surface area contributed by atoms with Crippen LogP contribution in [0.25, 0.3) is 17.0 Å². The normalized spacial score (nSPS) is 16.7. The van der Waals surface area contributed by atoms with Crippen molar-refractivity contribution in [3.05, 3.63) is 34.3 Å². The Balaban J connectivity index is 1.76. The Morgan fingerprint density at radius 3 is 2.78 bits per heavy atom. The van der Waals surface area contributed by atoms with Crippen LogP contribution < -0.4 is 5.56 Å². The largest absolute Gasteiger partial charge is 0.478 e. The molecule has 1 aliphatic carbocycles. The van der Waals surface area contributed by atoms with Gasteiger partial charge in [0.05, 0.1) is 11.8 Å². The summed E-state index contributed by atoms with van der Waals surface area (Å²) in [4.78, 5) is 30.2. The molecular weight excluding hydrogens is 355 g/mol. The summed E-state index contributed by atoms with van der Waals surface area (Å²) in [6.07, 6.45) is 7.74. The second kappa shape index (κ2) is 6.29. The van der Waals surface area contributed by atoms with Crippen LogP contribution in [0.5, 0.6) is 0 Å². The van der Waals surface area contributed by atoms with Crippen LogP contribution in [-0.2, 0) is 6.54 Å². The number of carboxylic acid groups (broad SMARTS) is 1. The van der Waals surface area contributed by atoms with Gasteiger partial charge in [-0.1, -0.05) is 26.2 Å². The van der Waals surface area contributed by atoms with Gasteiger partial charge in [-0.15, -0.1) is 5.10 Å². The molecule has 0 radical (unpaired) electrons. The third-order valence-electron chi connectivity index (χ3n) is 5.18. The van der Waals surface area contributed by atoms with E-state index in [-0.39, 0.29) is 28.0 Å². The summed E-state index contributed by atoms with van der Waals surface area (Å²) in [6, 6.07) is 0. The first kappa shape index (κ1) is 17.4. The van der Waals surface area contributed by atoms with Gasteiger partial charge in [0.1, 0.15) is 0 Å². The minimum atomic E-state index is -1.16. The molecule has 1 fully saturated rings. The van der Waals surface area contributed by atoms with E-state index in [0.29, 0.717) is 6.54 Å². The second-order valence-electron chi connectivity index (χ2n) is 7.39. The SMILES string of the molecule is CC1(Cn2nc(F)c3nc(-n4cc(C(=O)O)cn4)[nH]c(=O)c32)CCCCC1. The molecule has 1 saturated carbocycles. The molecule has 2 N–H and O–H groups in total. The van der Waals surface area contributed by atoms with Crippen molar-refractivity contribution >= 4 is 17.0 Å². The highest BCUT2D eigenvalue weighted by Gasteiger charge is 2.29. The summed E-state index contributed by atoms with van der Waals surface area (Å²) in [6.45, 7) is 2.58. The molecule has 9 nitrogen and oxygen atoms in total. The number of carbonyl (C=O) groups is 1. The van der Waals surface area contributed by atoms with Gasteiger partial charge in [0, 0.05) is 12.7 Å². The first-order valence-electron chi connectivity index (χ1n) is 8.81. The molecule has 3 heterocycles. The van der Waals surface area contributed by atoms with Gasteiger partial charge in [0.25, 0.3) is 11.5 Å². The second-order valence-corrected chi connectivity index (χ2v) is 7.39. The van der Waals surface area contributed by atoms with E-state index in [1.807, 2.05) is 0 Å². The number of hydrogen-bond donors (Lipinski definition) is 2. The smallest absolute Gasteiger partial charge is 0.338 e. The standard InChI is InChI=1S/C17H19FN6O3/c1-17(5-3-2-4-6-17)9-24-12-11(13(18)22-24)20-16(21-14(12)25)23-8-10(7-19-23)15(26)27/h7-8H,2-6,9H2,1H3,(H,26,27)(H,20,21,25). The van der Waals surface area contributed by atoms with E-state index < -0.39 is 17.5 Å². The number of aromatic amines is 1. The Bertz CT molecular complexity index is 1080. The number of H-pyrrole nitrogens is 1. The summed E-state index contributed by atoms with van der Waals surface area (Å²) in [5.74, 6) is -2.06. The maximum Gasteiger partial charge on any atom is 0.338 e. The van der Waals surface area contributed by atoms with Crippen LogP contribution >= 0.6 is 0 Å². The highest BCUT2D eigenvalue weighted by atomic mass is 19.1. The van der Waals surface area contributed by atoms with Crippen molar-refractivity contribution in [3.8, 4) is 5.95 Å². The van der Waals surface area contributed by atoms with Gasteiger partial charge in [0.15, 0.2) is 11.0 Å². The molecule has 0 bridgehead atoms. The number of nitrogens with one attached hydrogen (secondary N) is 1. The van der Waals surface area contributed by atoms with Crippen molar-refractivity contribution in [2.75, 3.05) is 0 Å². The van der Waals surface area contributed by atoms with Gasteiger partial charge in [-0.2, -0.15) is 9.49 Å². The zero-order chi connectivity index (χ0) is 19.2. The molecule has 142 valence electrons. The number of aromatic nitrogens is 6. The van der Waals surface area contributed by atoms with Crippen molar-refractivity contribution in [2.45, 2.75) is 45.6 Å². The molecule has 10 heteroatoms. The monoisotopic (exact) mass is 374 g/mol. The lowest BCUT2D eigenvalue weighted by molar-refractivity contribution is 0.0697. The van der Waals surface area contributed by atoms with E-state index >= 15 is 0 Å². The van der Waals surface area contributed by atoms with E-state index in [4.69, 9.17) is 5.11 Å². The lowest BCUT2D eigenvalue weighted by Crippen LogP contribution is -2.28. The van der Waals surface area contributed by atoms with E-state index in [2.05, 4.69) is 27.1 Å². The average Bonchev–Trinajstić information content (AvgIpc) is 3.21. The molecule has 0 unspecified atom stereocenters. The summed E-state index contributed by atoms with van der Waals surface area (Å²) in [5, 5.41) is 16.7. The fraction of sp³-hybridized carbons (Fsp3) is 0.471. The van der Waals surface area contributed by atoms with Crippen molar-refractivity contribution < 1.29 is 14.3 Å². The van der Waals surface area contributed by atoms with Gasteiger partial charge >= 0.3 is 5.97 Å². The number of hydrogen-bond acceptors (Lipinski definition) is 5. The summed E-state index contributed by atoms with van der Waals surface area (Å²) in [7, 11) is 0. The molecule has 1 aliphatic rings. The average molecular weight is 374 g/mol. The van der Waals surface area contributed by atoms with Crippen molar-refractivity contribution in [2.24, 2.45) is 5.41 Å². The van der Waals surface area contributed by atoms with Gasteiger partial charge in [-0.3, -0.25) is 14.5 Å². The first-order chi connectivity index (χ1) is 12.9. The van der Waals surface area contributed by atoms with Crippen LogP contribution in [0.4, 0.5) is 4.39 Å². The van der Waals surface area contributed by atoms with Crippen LogP contribution in [0.2, 0.25) is 0 Å². The quantitative estimate of drug-likeness (QED) is 0.722. The number of aromatic carboxylic acids is 1. The molecule has 27 heavy (non-hydrogen) atoms. The van der Waals surface area contributed by atoms with Crippen molar-refractivity contribution in [3.63, 3.8) is 0 Å². The van der Waals surface area contributed by atoms with Gasteiger partial charge in [-0.05, 0) is 18.3 Å². The summed E-state index contributed by atoms with van der Waals surface area (Å²) >= 11 is 0. The minimum absolute atomic E-state index is 0.0346. The maximum absolute atomic E-state index is 14.4. The highest BCUT2D eigenvalue weighted by molar-refractivity contribution is 5.87. The van der Waals surface area contributed by atoms with Crippen molar-refractivity contribution in [1.82, 2.24) is 29.5 Å². The molecule has 4 rings (SSSR count). The Hall–Kier alpha value is -3.04. The molecule has 0 amide bonds. The first-order valence-corrected chi connectivity index (χ1v) is 8.81. The van der Waals surface area contributed by atoms with E-state index in [1.54, 1.807) is 0 Å². The third kappa shape index (κ3) is 3.11. The number of halogens is 1. The van der Waals surface area contributed by atoms with Gasteiger partial charge in [-0.25, -0.2) is 14.5 Å². The van der Waals surface area contributed by atoms with Crippen LogP contribution in [-0.4, -0.2) is 40.6 Å². The van der Waals surface area contributed by atoms with Gasteiger partial charge < -0.3 is 5.11 Å². The predicted molar refractivity (Wildman–Crippen MR) is 93.4 cm³/mol. The maximum atomic E-state index is 14.4. The van der Waals surface area contributed by atoms with Crippen LogP contribution in [0.3, 0.4) is 0 Å². The molecule has 0 saturated heterocycles. The van der Waals surface area contributed by atoms with Crippen LogP contribution in [0.15, 0.2) is 17.2 Å². The molecule has 0 aliphatic heterocycles. The Labute approximate surface area is 152 Å². The van der Waals surface area contributed by atoms with Crippen LogP contribution in [0, 0.1) is 11.4 Å². The fourth-order valence-electron chi connectivity index (χ4n) is 3.74. The number of fused-ring (bicyclic) bond motifs is 1. The Morgan fingerprint density at radius 1 is 1.37 bits per heavy atom. The fourth-order valence-corrected chi connectivity index (χ4v) is 3.74. The minimum Gasteiger partial charge on any atom is -0.478 e. The number of nitrogens with zero attached hydrogens (tertiary/aromatic N) is 5. The molecule has 3 aromatic rings. The van der Waals surface area contributed by atoms with Crippen LogP contribution in [0.1, 0.15) is 49.4 Å². The molecule has 3 aromatic heterocycles. The zero-order valence-corrected chi connectivity index (χ0v) is 14.8. The highest BCUT2D eigenvalue weighted by Crippen LogP contribution is 2.37. The number of carboxylic acids is 1. The van der Waals surface area contributed by atoms with Crippen molar-refractivity contribution in [1.29, 1.82) is 0 Å². The predicted octanol–water partition coefficient (Wildman–Crippen LogP) is 2.11. The van der Waals surface area contributed by atoms with E-state index in [1.165, 1.54) is 17.3 Å². The third-order valence-corrected chi connectivity index (χ3v) is 5.18. The molecule has 0 aromatic carbocycles. The molecular formula is C17H19FN6O3. The topological polar surface area (TPSA) is 119 Å². The number of rotatable bonds is 4. The van der Waals surface area contributed by atoms with Gasteiger partial charge in [0.2, 0.25) is 5.95 Å². The lowest BCUT2D eigenvalue weighted by Gasteiger charge is -2.33. The zero-order valence-electron chi connectivity index (χ0n) is 14.8. The lowest BCUT2D eigenvalue weighted by atomic mass is 9.76. The summed E-state index contributed by atoms with van der Waals surface area (Å²) < 4.78 is 16.9. The molecule has 0 spiro atoms. The Kier molecular flexibility index (Phi) is 4.05. The Morgan fingerprint density at radius 2 is 2.11 bits per heavy atom.